The first kappa shape index (κ1) is 41.3. The fourth-order valence-electron chi connectivity index (χ4n) is 6.10. The number of hydrogen-bond donors (Lipinski definition) is 0. The molecule has 0 aliphatic carbocycles. The molecule has 1 fully saturated rings. The number of rotatable bonds is 14. The average Bonchev–Trinajstić information content (AvgIpc) is 3.18. The van der Waals surface area contributed by atoms with Gasteiger partial charge in [-0.3, -0.25) is 9.69 Å². The van der Waals surface area contributed by atoms with Gasteiger partial charge >= 0.3 is 6.18 Å². The lowest BCUT2D eigenvalue weighted by atomic mass is 10.1. The Balaban J connectivity index is 0.919. The van der Waals surface area contributed by atoms with E-state index < -0.39 is 21.6 Å². The Hall–Kier alpha value is -5.37. The van der Waals surface area contributed by atoms with E-state index in [9.17, 15) is 26.4 Å². The van der Waals surface area contributed by atoms with E-state index in [4.69, 9.17) is 25.8 Å². The summed E-state index contributed by atoms with van der Waals surface area (Å²) in [5.41, 5.74) is 3.68. The minimum Gasteiger partial charge on any atom is -0.493 e. The van der Waals surface area contributed by atoms with Crippen molar-refractivity contribution in [1.82, 2.24) is 14.8 Å². The van der Waals surface area contributed by atoms with Crippen molar-refractivity contribution in [3.05, 3.63) is 148 Å². The van der Waals surface area contributed by atoms with Crippen molar-refractivity contribution in [2.24, 2.45) is 0 Å². The maximum absolute atomic E-state index is 13.1. The molecule has 0 spiro atoms. The Morgan fingerprint density at radius 1 is 0.842 bits per heavy atom. The Morgan fingerprint density at radius 2 is 1.49 bits per heavy atom. The summed E-state index contributed by atoms with van der Waals surface area (Å²) in [6.07, 6.45) is 2.25. The fraction of sp³-hybridized carbons (Fsp3) is 0.256. The molecule has 298 valence electrons. The SMILES string of the molecule is Cc1cc(/C=C/C(=O)N2CCN(Cc3ccc(CCOc4ccc(S(C)(=O)=O)cc4)cc3)CC2)cc(Cl)c1Oc1ccc(OCc2ccc(C(F)(F)F)cc2)cn1. The predicted molar refractivity (Wildman–Crippen MR) is 212 cm³/mol. The first-order chi connectivity index (χ1) is 27.2. The number of pyridine rings is 1. The number of amides is 1. The van der Waals surface area contributed by atoms with Gasteiger partial charge in [-0.15, -0.1) is 0 Å². The van der Waals surface area contributed by atoms with Crippen LogP contribution in [0.3, 0.4) is 0 Å². The minimum absolute atomic E-state index is 0.0744. The van der Waals surface area contributed by atoms with E-state index in [0.717, 1.165) is 54.9 Å². The molecule has 0 N–H and O–H groups in total. The summed E-state index contributed by atoms with van der Waals surface area (Å²) in [7, 11) is -3.24. The third-order valence-corrected chi connectivity index (χ3v) is 10.7. The maximum Gasteiger partial charge on any atom is 0.416 e. The zero-order valence-corrected chi connectivity index (χ0v) is 32.9. The van der Waals surface area contributed by atoms with Gasteiger partial charge in [0, 0.05) is 57.5 Å². The van der Waals surface area contributed by atoms with E-state index >= 15 is 0 Å². The maximum atomic E-state index is 13.1. The van der Waals surface area contributed by atoms with Crippen LogP contribution in [0.5, 0.6) is 23.1 Å². The van der Waals surface area contributed by atoms with Gasteiger partial charge in [0.2, 0.25) is 11.8 Å². The molecule has 0 radical (unpaired) electrons. The molecule has 0 bridgehead atoms. The van der Waals surface area contributed by atoms with Crippen LogP contribution in [0.1, 0.15) is 33.4 Å². The molecule has 1 saturated heterocycles. The highest BCUT2D eigenvalue weighted by atomic mass is 35.5. The van der Waals surface area contributed by atoms with Crippen LogP contribution in [0.25, 0.3) is 6.08 Å². The van der Waals surface area contributed by atoms with Crippen molar-refractivity contribution in [1.29, 1.82) is 0 Å². The number of aryl methyl sites for hydroxylation is 1. The van der Waals surface area contributed by atoms with Gasteiger partial charge in [-0.2, -0.15) is 13.2 Å². The summed E-state index contributed by atoms with van der Waals surface area (Å²) in [4.78, 5) is 21.7. The molecule has 5 aromatic rings. The lowest BCUT2D eigenvalue weighted by molar-refractivity contribution is -0.137. The predicted octanol–water partition coefficient (Wildman–Crippen LogP) is 8.82. The van der Waals surface area contributed by atoms with Crippen molar-refractivity contribution in [3.8, 4) is 23.1 Å². The number of piperazine rings is 1. The van der Waals surface area contributed by atoms with E-state index in [2.05, 4.69) is 34.1 Å². The van der Waals surface area contributed by atoms with Gasteiger partial charge in [-0.25, -0.2) is 13.4 Å². The number of carbonyl (C=O) groups excluding carboxylic acids is 1. The van der Waals surface area contributed by atoms with E-state index in [1.807, 2.05) is 17.9 Å². The number of hydrogen-bond acceptors (Lipinski definition) is 8. The van der Waals surface area contributed by atoms with Gasteiger partial charge in [0.05, 0.1) is 28.3 Å². The highest BCUT2D eigenvalue weighted by Gasteiger charge is 2.30. The number of benzene rings is 4. The molecule has 2 heterocycles. The van der Waals surface area contributed by atoms with Crippen molar-refractivity contribution in [2.75, 3.05) is 39.0 Å². The normalized spacial score (nSPS) is 13.8. The Bertz CT molecular complexity index is 2260. The van der Waals surface area contributed by atoms with Crippen molar-refractivity contribution >= 4 is 33.4 Å². The molecule has 57 heavy (non-hydrogen) atoms. The number of alkyl halides is 3. The van der Waals surface area contributed by atoms with E-state index in [1.165, 1.54) is 30.1 Å². The Kier molecular flexibility index (Phi) is 13.2. The Morgan fingerprint density at radius 3 is 2.11 bits per heavy atom. The number of ether oxygens (including phenoxy) is 3. The van der Waals surface area contributed by atoms with Crippen LogP contribution < -0.4 is 14.2 Å². The summed E-state index contributed by atoms with van der Waals surface area (Å²) < 4.78 is 79.1. The van der Waals surface area contributed by atoms with Gasteiger partial charge in [0.1, 0.15) is 18.1 Å². The highest BCUT2D eigenvalue weighted by molar-refractivity contribution is 7.90. The van der Waals surface area contributed by atoms with Crippen LogP contribution in [0.4, 0.5) is 13.2 Å². The molecular weight excluding hydrogens is 779 g/mol. The van der Waals surface area contributed by atoms with Crippen molar-refractivity contribution in [2.45, 2.75) is 37.6 Å². The van der Waals surface area contributed by atoms with E-state index in [-0.39, 0.29) is 23.3 Å². The number of halogens is 4. The van der Waals surface area contributed by atoms with E-state index in [1.54, 1.807) is 54.6 Å². The molecular formula is C43H41ClF3N3O6S. The van der Waals surface area contributed by atoms with Gasteiger partial charge < -0.3 is 19.1 Å². The first-order valence-electron chi connectivity index (χ1n) is 18.1. The van der Waals surface area contributed by atoms with Gasteiger partial charge in [0.25, 0.3) is 0 Å². The van der Waals surface area contributed by atoms with E-state index in [0.29, 0.717) is 47.5 Å². The summed E-state index contributed by atoms with van der Waals surface area (Å²) in [5, 5.41) is 0.348. The number of aromatic nitrogens is 1. The molecule has 6 rings (SSSR count). The lowest BCUT2D eigenvalue weighted by Gasteiger charge is -2.34. The molecule has 4 aromatic carbocycles. The van der Waals surface area contributed by atoms with Crippen LogP contribution in [-0.4, -0.2) is 68.2 Å². The zero-order valence-electron chi connectivity index (χ0n) is 31.3. The summed E-state index contributed by atoms with van der Waals surface area (Å²) in [6.45, 7) is 5.91. The quantitative estimate of drug-likeness (QED) is 0.103. The summed E-state index contributed by atoms with van der Waals surface area (Å²) in [6, 6.07) is 26.4. The minimum atomic E-state index is -4.39. The van der Waals surface area contributed by atoms with Gasteiger partial charge in [-0.1, -0.05) is 48.0 Å². The molecule has 1 aliphatic rings. The zero-order chi connectivity index (χ0) is 40.6. The summed E-state index contributed by atoms with van der Waals surface area (Å²) >= 11 is 6.59. The molecule has 9 nitrogen and oxygen atoms in total. The highest BCUT2D eigenvalue weighted by Crippen LogP contribution is 2.34. The molecule has 1 aromatic heterocycles. The average molecular weight is 820 g/mol. The second kappa shape index (κ2) is 18.3. The molecule has 1 aliphatic heterocycles. The van der Waals surface area contributed by atoms with Gasteiger partial charge in [0.15, 0.2) is 15.6 Å². The number of sulfone groups is 1. The molecule has 0 saturated carbocycles. The van der Waals surface area contributed by atoms with Crippen molar-refractivity contribution in [3.63, 3.8) is 0 Å². The fourth-order valence-corrected chi connectivity index (χ4v) is 7.04. The standard InChI is InChI=1S/C43H41ClF3N3O6S/c1-30-25-34(26-39(44)42(30)56-40-17-14-37(27-48-40)55-29-33-7-10-35(11-8-33)43(45,46)47)9-18-41(51)50-22-20-49(21-23-50)28-32-5-3-31(4-6-32)19-24-54-36-12-15-38(16-13-36)57(2,52)53/h3-18,25-27H,19-24,28-29H2,1-2H3/b18-9+. The number of nitrogens with zero attached hydrogens (tertiary/aromatic N) is 3. The largest absolute Gasteiger partial charge is 0.493 e. The smallest absolute Gasteiger partial charge is 0.416 e. The topological polar surface area (TPSA) is 98.3 Å². The molecule has 14 heteroatoms. The lowest BCUT2D eigenvalue weighted by Crippen LogP contribution is -2.47. The van der Waals surface area contributed by atoms with Crippen molar-refractivity contribution < 1.29 is 40.6 Å². The summed E-state index contributed by atoms with van der Waals surface area (Å²) in [5.74, 6) is 1.66. The van der Waals surface area contributed by atoms with Crippen LogP contribution in [-0.2, 0) is 40.4 Å². The third kappa shape index (κ3) is 11.8. The first-order valence-corrected chi connectivity index (χ1v) is 20.4. The van der Waals surface area contributed by atoms with Gasteiger partial charge in [-0.05, 0) is 95.4 Å². The molecule has 0 unspecified atom stereocenters. The monoisotopic (exact) mass is 819 g/mol. The number of carbonyl (C=O) groups is 1. The van der Waals surface area contributed by atoms with Crippen LogP contribution in [0.2, 0.25) is 5.02 Å². The van der Waals surface area contributed by atoms with Crippen LogP contribution in [0, 0.1) is 6.92 Å². The van der Waals surface area contributed by atoms with Crippen LogP contribution >= 0.6 is 11.6 Å². The molecule has 1 amide bonds. The second-order valence-electron chi connectivity index (χ2n) is 13.7. The molecule has 0 atom stereocenters. The third-order valence-electron chi connectivity index (χ3n) is 9.30. The van der Waals surface area contributed by atoms with Crippen LogP contribution in [0.15, 0.2) is 114 Å². The Labute approximate surface area is 335 Å². The second-order valence-corrected chi connectivity index (χ2v) is 16.1.